The largest absolute Gasteiger partial charge is 0.452 e. The summed E-state index contributed by atoms with van der Waals surface area (Å²) in [7, 11) is -13.0. The van der Waals surface area contributed by atoms with E-state index >= 15 is 0 Å². The van der Waals surface area contributed by atoms with E-state index in [2.05, 4.69) is 19.9 Å². The number of ether oxygens (including phenoxy) is 1. The van der Waals surface area contributed by atoms with Crippen molar-refractivity contribution in [3.63, 3.8) is 0 Å². The Kier molecular flexibility index (Phi) is 12.3. The Labute approximate surface area is 320 Å². The highest BCUT2D eigenvalue weighted by atomic mass is 32.2. The molecule has 21 heteroatoms. The summed E-state index contributed by atoms with van der Waals surface area (Å²) in [5.74, 6) is -2.33. The summed E-state index contributed by atoms with van der Waals surface area (Å²) >= 11 is 0. The van der Waals surface area contributed by atoms with Crippen LogP contribution in [0.15, 0.2) is 34.4 Å². The van der Waals surface area contributed by atoms with E-state index in [0.717, 1.165) is 0 Å². The van der Waals surface area contributed by atoms with E-state index in [-0.39, 0.29) is 38.3 Å². The molecule has 1 amide bonds. The highest BCUT2D eigenvalue weighted by molar-refractivity contribution is 7.86. The third-order valence-electron chi connectivity index (χ3n) is 10.3. The second kappa shape index (κ2) is 16.0. The Bertz CT molecular complexity index is 2360. The molecule has 2 unspecified atom stereocenters. The number of hydrogen-bond acceptors (Lipinski definition) is 11. The number of benzene rings is 2. The minimum absolute atomic E-state index is 0.0807. The monoisotopic (exact) mass is 826 g/mol. The number of hydrogen-bond donors (Lipinski definition) is 4. The van der Waals surface area contributed by atoms with E-state index in [1.165, 1.54) is 0 Å². The lowest BCUT2D eigenvalue weighted by Crippen LogP contribution is -2.54. The molecule has 18 nitrogen and oxygen atoms in total. The Morgan fingerprint density at radius 3 is 2.25 bits per heavy atom. The highest BCUT2D eigenvalue weighted by Crippen LogP contribution is 2.49. The average molecular weight is 827 g/mol. The molecule has 3 aliphatic heterocycles. The van der Waals surface area contributed by atoms with Crippen molar-refractivity contribution in [3.05, 3.63) is 56.5 Å². The molecule has 4 N–H and O–H groups in total. The fraction of sp³-hybridized carbons (Fsp3) is 0.618. The van der Waals surface area contributed by atoms with Gasteiger partial charge in [-0.25, -0.2) is 9.57 Å². The van der Waals surface area contributed by atoms with Crippen molar-refractivity contribution in [3.8, 4) is 11.5 Å². The minimum Gasteiger partial charge on any atom is -0.452 e. The van der Waals surface area contributed by atoms with Gasteiger partial charge in [-0.1, -0.05) is 5.11 Å². The summed E-state index contributed by atoms with van der Waals surface area (Å²) in [5, 5.41) is 7.29. The van der Waals surface area contributed by atoms with Crippen molar-refractivity contribution in [2.75, 3.05) is 48.3 Å². The first-order valence-electron chi connectivity index (χ1n) is 17.9. The molecule has 0 saturated carbocycles. The van der Waals surface area contributed by atoms with Gasteiger partial charge in [0.25, 0.3) is 30.4 Å². The van der Waals surface area contributed by atoms with Crippen LogP contribution < -0.4 is 30.2 Å². The van der Waals surface area contributed by atoms with Gasteiger partial charge < -0.3 is 15.0 Å². The average Bonchev–Trinajstić information content (AvgIpc) is 3.03. The van der Waals surface area contributed by atoms with Gasteiger partial charge in [-0.3, -0.25) is 18.5 Å². The van der Waals surface area contributed by atoms with Crippen molar-refractivity contribution in [1.29, 1.82) is 0 Å². The molecule has 0 radical (unpaired) electrons. The van der Waals surface area contributed by atoms with E-state index in [1.807, 2.05) is 32.6 Å². The molecule has 0 aromatic heterocycles. The summed E-state index contributed by atoms with van der Waals surface area (Å²) in [6.45, 7) is 8.93. The van der Waals surface area contributed by atoms with Gasteiger partial charge in [0.1, 0.15) is 17.6 Å². The lowest BCUT2D eigenvalue weighted by atomic mass is 9.79. The van der Waals surface area contributed by atoms with Crippen LogP contribution in [0.2, 0.25) is 0 Å². The second-order valence-electron chi connectivity index (χ2n) is 15.6. The van der Waals surface area contributed by atoms with Crippen molar-refractivity contribution >= 4 is 47.6 Å². The number of carbonyl (C=O) groups is 1. The van der Waals surface area contributed by atoms with Crippen LogP contribution in [0.5, 0.6) is 11.5 Å². The number of rotatable bonds is 16. The highest BCUT2D eigenvalue weighted by Gasteiger charge is 2.43. The zero-order valence-electron chi connectivity index (χ0n) is 31.2. The summed E-state index contributed by atoms with van der Waals surface area (Å²) in [6, 6.07) is 6.87. The van der Waals surface area contributed by atoms with Gasteiger partial charge in [0, 0.05) is 78.5 Å². The Morgan fingerprint density at radius 2 is 1.62 bits per heavy atom. The fourth-order valence-electron chi connectivity index (χ4n) is 8.12. The molecule has 0 fully saturated rings. The fourth-order valence-corrected chi connectivity index (χ4v) is 10.2. The number of nitrogens with zero attached hydrogens (tertiary/aromatic N) is 6. The van der Waals surface area contributed by atoms with Crippen LogP contribution in [0.25, 0.3) is 10.4 Å². The molecule has 0 spiro atoms. The quantitative estimate of drug-likeness (QED) is 0.0405. The first kappa shape index (κ1) is 42.3. The van der Waals surface area contributed by atoms with Crippen molar-refractivity contribution in [2.24, 2.45) is 10.1 Å². The van der Waals surface area contributed by atoms with Crippen LogP contribution in [0.1, 0.15) is 89.2 Å². The molecule has 3 aliphatic rings. The number of fused-ring (bicyclic) bond motifs is 4. The minimum atomic E-state index is -4.41. The molecule has 3 heterocycles. The van der Waals surface area contributed by atoms with Gasteiger partial charge in [0.15, 0.2) is 17.0 Å². The molecular formula is C34H48N7O11S3+. The van der Waals surface area contributed by atoms with E-state index < -0.39 is 70.5 Å². The van der Waals surface area contributed by atoms with Gasteiger partial charge in [-0.05, 0) is 70.2 Å². The van der Waals surface area contributed by atoms with Crippen molar-refractivity contribution < 1.29 is 48.4 Å². The first-order valence-corrected chi connectivity index (χ1v) is 22.7. The Hall–Kier alpha value is -3.85. The summed E-state index contributed by atoms with van der Waals surface area (Å²) in [4.78, 5) is 22.0. The van der Waals surface area contributed by atoms with Crippen LogP contribution >= 0.6 is 0 Å². The summed E-state index contributed by atoms with van der Waals surface area (Å²) in [5.41, 5.74) is 9.19. The van der Waals surface area contributed by atoms with Crippen LogP contribution in [-0.2, 0) is 35.1 Å². The molecule has 5 rings (SSSR count). The molecule has 302 valence electrons. The Balaban J connectivity index is 1.58. The van der Waals surface area contributed by atoms with Gasteiger partial charge >= 0.3 is 0 Å². The lowest BCUT2D eigenvalue weighted by Gasteiger charge is -2.48. The van der Waals surface area contributed by atoms with Crippen molar-refractivity contribution in [1.82, 2.24) is 9.89 Å². The SMILES string of the molecule is CC1(C)CC(CS(=O)(=O)O)c2cc3c(cc2N1CCCS(=O)(=O)O)Oc1cc2c(cc1=N3)C(CS(=O)(=O)O)CC(C)(C)[N+]=2CCCC(=O)NCCCN=[N+]=[N-]. The predicted octanol–water partition coefficient (Wildman–Crippen LogP) is 3.22. The molecular weight excluding hydrogens is 779 g/mol. The topological polar surface area (TPSA) is 269 Å². The molecule has 2 atom stereocenters. The summed E-state index contributed by atoms with van der Waals surface area (Å²) in [6.07, 6.45) is 1.90. The van der Waals surface area contributed by atoms with Gasteiger partial charge in [0.05, 0.1) is 23.3 Å². The zero-order valence-corrected chi connectivity index (χ0v) is 33.6. The third kappa shape index (κ3) is 10.7. The molecule has 2 aromatic carbocycles. The van der Waals surface area contributed by atoms with Crippen LogP contribution in [-0.4, -0.2) is 99.3 Å². The number of carbonyl (C=O) groups excluding carboxylic acids is 1. The lowest BCUT2D eigenvalue weighted by molar-refractivity contribution is -0.121. The second-order valence-corrected chi connectivity index (χ2v) is 20.2. The van der Waals surface area contributed by atoms with Crippen LogP contribution in [0.3, 0.4) is 0 Å². The van der Waals surface area contributed by atoms with Crippen LogP contribution in [0.4, 0.5) is 11.4 Å². The van der Waals surface area contributed by atoms with E-state index in [9.17, 15) is 43.7 Å². The third-order valence-corrected chi connectivity index (χ3v) is 12.8. The maximum atomic E-state index is 12.6. The molecule has 2 aromatic rings. The number of nitrogens with one attached hydrogen (secondary N) is 1. The maximum Gasteiger partial charge on any atom is 0.265 e. The predicted molar refractivity (Wildman–Crippen MR) is 204 cm³/mol. The van der Waals surface area contributed by atoms with Crippen molar-refractivity contribution in [2.45, 2.75) is 89.1 Å². The van der Waals surface area contributed by atoms with Gasteiger partial charge in [0.2, 0.25) is 11.3 Å². The smallest absolute Gasteiger partial charge is 0.265 e. The van der Waals surface area contributed by atoms with Crippen LogP contribution in [0, 0.1) is 0 Å². The number of anilines is 1. The molecule has 0 bridgehead atoms. The number of amides is 1. The van der Waals surface area contributed by atoms with Gasteiger partial charge in [-0.15, -0.1) is 0 Å². The number of azide groups is 1. The first-order chi connectivity index (χ1) is 25.5. The Morgan fingerprint density at radius 1 is 0.945 bits per heavy atom. The normalized spacial score (nSPS) is 19.8. The zero-order chi connectivity index (χ0) is 40.6. The molecule has 0 saturated heterocycles. The van der Waals surface area contributed by atoms with Gasteiger partial charge in [-0.2, -0.15) is 25.3 Å². The maximum absolute atomic E-state index is 12.6. The summed E-state index contributed by atoms with van der Waals surface area (Å²) < 4.78 is 110. The molecule has 0 aliphatic carbocycles. The van der Waals surface area contributed by atoms with E-state index in [0.29, 0.717) is 77.1 Å². The standard InChI is InChI=1S/C34H47N7O11S3/c1-33(2)18-22(20-54(46,47)48)24-14-26-30(16-28(24)40(33)11-5-8-32(42)36-9-6-10-37-39-35)52-31-17-29-25(15-27(31)38-26)23(21-55(49,50)51)19-34(3,4)41(29)12-7-13-53(43,44)45/h14-17,22-23H,5-13,18-21H2,1-4H3,(H3-,36,42,43,44,45,46,47,48,49,50,51)/p+1. The van der Waals surface area contributed by atoms with E-state index in [1.54, 1.807) is 24.3 Å². The van der Waals surface area contributed by atoms with E-state index in [4.69, 9.17) is 15.3 Å². The molecule has 55 heavy (non-hydrogen) atoms.